The van der Waals surface area contributed by atoms with Crippen molar-refractivity contribution in [2.45, 2.75) is 6.54 Å². The molecule has 0 aliphatic carbocycles. The van der Waals surface area contributed by atoms with Crippen LogP contribution in [-0.2, 0) is 6.54 Å². The van der Waals surface area contributed by atoms with E-state index in [1.54, 1.807) is 31.5 Å². The molecule has 1 N–H and O–H groups in total. The van der Waals surface area contributed by atoms with Crippen molar-refractivity contribution in [2.24, 2.45) is 5.10 Å². The van der Waals surface area contributed by atoms with E-state index in [-0.39, 0.29) is 0 Å². The number of hydrogen-bond acceptors (Lipinski definition) is 4. The van der Waals surface area contributed by atoms with Crippen LogP contribution < -0.4 is 14.9 Å². The summed E-state index contributed by atoms with van der Waals surface area (Å²) in [6, 6.07) is 9.21. The van der Waals surface area contributed by atoms with Gasteiger partial charge in [-0.2, -0.15) is 5.10 Å². The van der Waals surface area contributed by atoms with Crippen LogP contribution in [0.15, 0.2) is 48.1 Å². The predicted molar refractivity (Wildman–Crippen MR) is 112 cm³/mol. The molecule has 0 spiro atoms. The van der Waals surface area contributed by atoms with Crippen molar-refractivity contribution in [2.75, 3.05) is 13.7 Å². The Balaban J connectivity index is 2.08. The maximum Gasteiger partial charge on any atom is 0.174 e. The average Bonchev–Trinajstić information content (AvgIpc) is 2.59. The van der Waals surface area contributed by atoms with Crippen molar-refractivity contribution in [3.63, 3.8) is 0 Å². The van der Waals surface area contributed by atoms with Crippen LogP contribution >= 0.6 is 45.8 Å². The first-order valence-corrected chi connectivity index (χ1v) is 9.20. The Kier molecular flexibility index (Phi) is 7.87. The molecule has 0 fully saturated rings. The standard InChI is InChI=1S/C18H17Cl2IN2O2/c1-3-7-25-18-16(21)8-12(9-17(18)24-2)10-22-23-11-13-14(19)5-4-6-15(13)20/h3-6,8-10,23H,1,7,11H2,2H3/b22-10+. The number of halogens is 3. The molecule has 2 aromatic rings. The summed E-state index contributed by atoms with van der Waals surface area (Å²) in [6.45, 7) is 4.50. The van der Waals surface area contributed by atoms with Gasteiger partial charge >= 0.3 is 0 Å². The van der Waals surface area contributed by atoms with Gasteiger partial charge in [0, 0.05) is 15.6 Å². The van der Waals surface area contributed by atoms with Crippen LogP contribution in [0, 0.1) is 3.57 Å². The van der Waals surface area contributed by atoms with Gasteiger partial charge in [-0.05, 0) is 52.4 Å². The maximum absolute atomic E-state index is 6.13. The summed E-state index contributed by atoms with van der Waals surface area (Å²) in [4.78, 5) is 0. The highest BCUT2D eigenvalue weighted by Crippen LogP contribution is 2.33. The van der Waals surface area contributed by atoms with Crippen molar-refractivity contribution in [3.8, 4) is 11.5 Å². The number of ether oxygens (including phenoxy) is 2. The fourth-order valence-electron chi connectivity index (χ4n) is 2.04. The normalized spacial score (nSPS) is 10.7. The van der Waals surface area contributed by atoms with Crippen LogP contribution in [0.25, 0.3) is 0 Å². The van der Waals surface area contributed by atoms with Crippen molar-refractivity contribution in [1.29, 1.82) is 0 Å². The maximum atomic E-state index is 6.13. The van der Waals surface area contributed by atoms with Crippen molar-refractivity contribution >= 4 is 52.0 Å². The summed E-state index contributed by atoms with van der Waals surface area (Å²) < 4.78 is 11.9. The van der Waals surface area contributed by atoms with Gasteiger partial charge in [0.25, 0.3) is 0 Å². The Labute approximate surface area is 170 Å². The molecule has 0 aliphatic rings. The molecule has 2 rings (SSSR count). The highest BCUT2D eigenvalue weighted by Gasteiger charge is 2.10. The monoisotopic (exact) mass is 490 g/mol. The number of nitrogens with zero attached hydrogens (tertiary/aromatic N) is 1. The van der Waals surface area contributed by atoms with Gasteiger partial charge in [0.05, 0.1) is 23.4 Å². The quantitative estimate of drug-likeness (QED) is 0.236. The summed E-state index contributed by atoms with van der Waals surface area (Å²) in [5, 5.41) is 5.43. The summed E-state index contributed by atoms with van der Waals surface area (Å²) in [6.07, 6.45) is 3.39. The van der Waals surface area contributed by atoms with Crippen LogP contribution in [0.4, 0.5) is 0 Å². The summed E-state index contributed by atoms with van der Waals surface area (Å²) >= 11 is 14.5. The Hall–Kier alpha value is -1.44. The minimum atomic E-state index is 0.417. The molecule has 0 bridgehead atoms. The highest BCUT2D eigenvalue weighted by atomic mass is 127. The lowest BCUT2D eigenvalue weighted by Crippen LogP contribution is -2.07. The fourth-order valence-corrected chi connectivity index (χ4v) is 3.35. The van der Waals surface area contributed by atoms with E-state index >= 15 is 0 Å². The topological polar surface area (TPSA) is 42.8 Å². The minimum absolute atomic E-state index is 0.417. The van der Waals surface area contributed by atoms with Gasteiger partial charge in [0.1, 0.15) is 6.61 Å². The van der Waals surface area contributed by atoms with E-state index in [4.69, 9.17) is 32.7 Å². The molecule has 7 heteroatoms. The number of hydrogen-bond donors (Lipinski definition) is 1. The van der Waals surface area contributed by atoms with E-state index in [0.29, 0.717) is 34.7 Å². The van der Waals surface area contributed by atoms with E-state index in [2.05, 4.69) is 39.7 Å². The number of nitrogens with one attached hydrogen (secondary N) is 1. The molecule has 0 radical (unpaired) electrons. The zero-order chi connectivity index (χ0) is 18.2. The third-order valence-corrected chi connectivity index (χ3v) is 4.73. The number of methoxy groups -OCH3 is 1. The SMILES string of the molecule is C=CCOc1c(I)cc(/C=N/NCc2c(Cl)cccc2Cl)cc1OC. The molecule has 132 valence electrons. The molecule has 0 unspecified atom stereocenters. The molecular formula is C18H17Cl2IN2O2. The molecule has 2 aromatic carbocycles. The lowest BCUT2D eigenvalue weighted by molar-refractivity contribution is 0.324. The van der Waals surface area contributed by atoms with Gasteiger partial charge in [0.2, 0.25) is 0 Å². The largest absolute Gasteiger partial charge is 0.493 e. The second-order valence-corrected chi connectivity index (χ2v) is 6.90. The number of benzene rings is 2. The van der Waals surface area contributed by atoms with Gasteiger partial charge in [-0.3, -0.25) is 0 Å². The lowest BCUT2D eigenvalue weighted by Gasteiger charge is -2.12. The van der Waals surface area contributed by atoms with E-state index in [0.717, 1.165) is 14.7 Å². The molecule has 25 heavy (non-hydrogen) atoms. The summed E-state index contributed by atoms with van der Waals surface area (Å²) in [5.41, 5.74) is 4.64. The van der Waals surface area contributed by atoms with Crippen LogP contribution in [0.1, 0.15) is 11.1 Å². The molecule has 0 aromatic heterocycles. The number of hydrazone groups is 1. The Morgan fingerprint density at radius 3 is 2.64 bits per heavy atom. The first-order valence-electron chi connectivity index (χ1n) is 7.36. The number of rotatable bonds is 8. The first-order chi connectivity index (χ1) is 12.1. The molecule has 0 heterocycles. The molecular weight excluding hydrogens is 474 g/mol. The van der Waals surface area contributed by atoms with Crippen molar-refractivity contribution in [3.05, 3.63) is 67.7 Å². The van der Waals surface area contributed by atoms with E-state index < -0.39 is 0 Å². The van der Waals surface area contributed by atoms with E-state index in [9.17, 15) is 0 Å². The van der Waals surface area contributed by atoms with Gasteiger partial charge in [0.15, 0.2) is 11.5 Å². The Morgan fingerprint density at radius 1 is 1.28 bits per heavy atom. The smallest absolute Gasteiger partial charge is 0.174 e. The van der Waals surface area contributed by atoms with Crippen LogP contribution in [-0.4, -0.2) is 19.9 Å². The van der Waals surface area contributed by atoms with E-state index in [1.807, 2.05) is 18.2 Å². The van der Waals surface area contributed by atoms with Gasteiger partial charge in [-0.25, -0.2) is 0 Å². The van der Waals surface area contributed by atoms with Gasteiger partial charge < -0.3 is 14.9 Å². The Bertz CT molecular complexity index is 762. The highest BCUT2D eigenvalue weighted by molar-refractivity contribution is 14.1. The van der Waals surface area contributed by atoms with E-state index in [1.165, 1.54) is 0 Å². The van der Waals surface area contributed by atoms with Crippen molar-refractivity contribution < 1.29 is 9.47 Å². The Morgan fingerprint density at radius 2 is 2.00 bits per heavy atom. The second kappa shape index (κ2) is 9.89. The molecule has 0 amide bonds. The molecule has 0 atom stereocenters. The zero-order valence-corrected chi connectivity index (χ0v) is 17.2. The minimum Gasteiger partial charge on any atom is -0.493 e. The first kappa shape index (κ1) is 19.9. The third kappa shape index (κ3) is 5.52. The van der Waals surface area contributed by atoms with Crippen LogP contribution in [0.3, 0.4) is 0 Å². The fraction of sp³-hybridized carbons (Fsp3) is 0.167. The van der Waals surface area contributed by atoms with Crippen LogP contribution in [0.2, 0.25) is 10.0 Å². The summed E-state index contributed by atoms with van der Waals surface area (Å²) in [7, 11) is 1.60. The second-order valence-electron chi connectivity index (χ2n) is 4.93. The van der Waals surface area contributed by atoms with Gasteiger partial charge in [-0.15, -0.1) is 0 Å². The average molecular weight is 491 g/mol. The third-order valence-electron chi connectivity index (χ3n) is 3.22. The van der Waals surface area contributed by atoms with Crippen LogP contribution in [0.5, 0.6) is 11.5 Å². The van der Waals surface area contributed by atoms with Gasteiger partial charge in [-0.1, -0.05) is 41.9 Å². The molecule has 0 aliphatic heterocycles. The summed E-state index contributed by atoms with van der Waals surface area (Å²) in [5.74, 6) is 1.33. The zero-order valence-electron chi connectivity index (χ0n) is 13.6. The predicted octanol–water partition coefficient (Wildman–Crippen LogP) is 5.30. The van der Waals surface area contributed by atoms with Crippen molar-refractivity contribution in [1.82, 2.24) is 5.43 Å². The lowest BCUT2D eigenvalue weighted by atomic mass is 10.2. The molecule has 0 saturated heterocycles. The molecule has 0 saturated carbocycles. The molecule has 4 nitrogen and oxygen atoms in total.